The zero-order valence-electron chi connectivity index (χ0n) is 12.7. The molecule has 0 aromatic carbocycles. The lowest BCUT2D eigenvalue weighted by Crippen LogP contribution is -2.41. The van der Waals surface area contributed by atoms with Gasteiger partial charge in [0.1, 0.15) is 6.10 Å². The molecule has 0 N–H and O–H groups in total. The summed E-state index contributed by atoms with van der Waals surface area (Å²) in [6, 6.07) is 0. The first-order valence-corrected chi connectivity index (χ1v) is 9.84. The molecule has 4 heteroatoms. The fourth-order valence-corrected chi connectivity index (χ4v) is 3.15. The Morgan fingerprint density at radius 1 is 1.28 bits per heavy atom. The quantitative estimate of drug-likeness (QED) is 0.577. The first kappa shape index (κ1) is 15.7. The van der Waals surface area contributed by atoms with Gasteiger partial charge >= 0.3 is 5.97 Å². The van der Waals surface area contributed by atoms with Crippen molar-refractivity contribution < 1.29 is 14.0 Å². The van der Waals surface area contributed by atoms with E-state index in [1.165, 1.54) is 6.92 Å². The summed E-state index contributed by atoms with van der Waals surface area (Å²) in [5.41, 5.74) is 0. The predicted molar refractivity (Wildman–Crippen MR) is 76.0 cm³/mol. The monoisotopic (exact) mass is 272 g/mol. The van der Waals surface area contributed by atoms with Gasteiger partial charge in [-0.15, -0.1) is 0 Å². The van der Waals surface area contributed by atoms with E-state index in [4.69, 9.17) is 9.16 Å². The van der Waals surface area contributed by atoms with Crippen molar-refractivity contribution in [1.29, 1.82) is 0 Å². The molecule has 0 bridgehead atoms. The normalized spacial score (nSPS) is 25.2. The lowest BCUT2D eigenvalue weighted by Gasteiger charge is -2.37. The third-order valence-corrected chi connectivity index (χ3v) is 8.81. The molecule has 0 saturated heterocycles. The summed E-state index contributed by atoms with van der Waals surface area (Å²) in [6.45, 7) is 13.7. The van der Waals surface area contributed by atoms with Gasteiger partial charge in [0, 0.05) is 13.5 Å². The predicted octanol–water partition coefficient (Wildman–Crippen LogP) is 3.74. The number of carbonyl (C=O) groups is 1. The van der Waals surface area contributed by atoms with Gasteiger partial charge in [0.25, 0.3) is 0 Å². The number of carbonyl (C=O) groups excluding carboxylic acids is 1. The molecule has 0 radical (unpaired) electrons. The molecule has 0 aromatic heterocycles. The van der Waals surface area contributed by atoms with Crippen LogP contribution >= 0.6 is 0 Å². The van der Waals surface area contributed by atoms with Crippen molar-refractivity contribution in [2.75, 3.05) is 6.61 Å². The molecule has 18 heavy (non-hydrogen) atoms. The van der Waals surface area contributed by atoms with Crippen LogP contribution < -0.4 is 0 Å². The highest BCUT2D eigenvalue weighted by atomic mass is 28.4. The largest absolute Gasteiger partial charge is 0.463 e. The highest BCUT2D eigenvalue weighted by molar-refractivity contribution is 6.74. The van der Waals surface area contributed by atoms with E-state index < -0.39 is 8.32 Å². The lowest BCUT2D eigenvalue weighted by atomic mass is 10.1. The van der Waals surface area contributed by atoms with Gasteiger partial charge in [-0.25, -0.2) is 0 Å². The highest BCUT2D eigenvalue weighted by Crippen LogP contribution is 2.38. The zero-order chi connectivity index (χ0) is 14.0. The minimum absolute atomic E-state index is 0.121. The van der Waals surface area contributed by atoms with Crippen molar-refractivity contribution in [3.63, 3.8) is 0 Å². The van der Waals surface area contributed by atoms with Gasteiger partial charge in [-0.1, -0.05) is 20.8 Å². The average Bonchev–Trinajstić information content (AvgIpc) is 2.60. The molecule has 1 aliphatic carbocycles. The Bertz CT molecular complexity index is 294. The van der Waals surface area contributed by atoms with Crippen LogP contribution in [0, 0.1) is 5.92 Å². The molecule has 0 heterocycles. The summed E-state index contributed by atoms with van der Waals surface area (Å²) in [5.74, 6) is 0.398. The molecule has 0 aromatic rings. The first-order chi connectivity index (χ1) is 8.12. The average molecular weight is 272 g/mol. The Labute approximate surface area is 112 Å². The van der Waals surface area contributed by atoms with Crippen LogP contribution in [0.1, 0.15) is 47.0 Å². The van der Waals surface area contributed by atoms with Crippen LogP contribution in [0.5, 0.6) is 0 Å². The lowest BCUT2D eigenvalue weighted by molar-refractivity contribution is -0.146. The zero-order valence-corrected chi connectivity index (χ0v) is 13.7. The standard InChI is InChI=1S/C14H28O3Si/c1-11(15)17-13-8-7-12(9-13)10-16-18(5,6)14(2,3)4/h12-13H,7-10H2,1-6H3/t12-,13+/m1/s1. The van der Waals surface area contributed by atoms with Gasteiger partial charge in [0.05, 0.1) is 0 Å². The van der Waals surface area contributed by atoms with Crippen molar-refractivity contribution in [3.05, 3.63) is 0 Å². The van der Waals surface area contributed by atoms with E-state index in [-0.39, 0.29) is 17.1 Å². The summed E-state index contributed by atoms with van der Waals surface area (Å²) >= 11 is 0. The highest BCUT2D eigenvalue weighted by Gasteiger charge is 2.38. The van der Waals surface area contributed by atoms with E-state index in [0.717, 1.165) is 25.9 Å². The van der Waals surface area contributed by atoms with E-state index >= 15 is 0 Å². The fraction of sp³-hybridized carbons (Fsp3) is 0.929. The maximum absolute atomic E-state index is 10.9. The SMILES string of the molecule is CC(=O)O[C@H]1CC[C@@H](CO[Si](C)(C)C(C)(C)C)C1. The summed E-state index contributed by atoms with van der Waals surface area (Å²) in [5, 5.41) is 0.265. The Morgan fingerprint density at radius 3 is 2.39 bits per heavy atom. The fourth-order valence-electron chi connectivity index (χ4n) is 2.06. The summed E-state index contributed by atoms with van der Waals surface area (Å²) in [7, 11) is -1.63. The molecule has 0 amide bonds. The summed E-state index contributed by atoms with van der Waals surface area (Å²) in [4.78, 5) is 10.9. The molecule has 106 valence electrons. The minimum Gasteiger partial charge on any atom is -0.463 e. The van der Waals surface area contributed by atoms with Crippen LogP contribution in [-0.2, 0) is 14.0 Å². The van der Waals surface area contributed by atoms with E-state index in [2.05, 4.69) is 33.9 Å². The first-order valence-electron chi connectivity index (χ1n) is 6.93. The van der Waals surface area contributed by atoms with Crippen LogP contribution in [0.25, 0.3) is 0 Å². The second-order valence-electron chi connectivity index (χ2n) is 6.98. The Morgan fingerprint density at radius 2 is 1.89 bits per heavy atom. The molecule has 1 saturated carbocycles. The third-order valence-electron chi connectivity index (χ3n) is 4.31. The molecule has 1 fully saturated rings. The molecule has 0 aliphatic heterocycles. The number of ether oxygens (including phenoxy) is 1. The van der Waals surface area contributed by atoms with E-state index in [1.807, 2.05) is 0 Å². The molecular formula is C14H28O3Si. The summed E-state index contributed by atoms with van der Waals surface area (Å²) in [6.07, 6.45) is 3.20. The van der Waals surface area contributed by atoms with Crippen LogP contribution in [0.2, 0.25) is 18.1 Å². The number of hydrogen-bond donors (Lipinski definition) is 0. The van der Waals surface area contributed by atoms with Crippen LogP contribution in [-0.4, -0.2) is 27.0 Å². The molecule has 2 atom stereocenters. The number of rotatable bonds is 4. The minimum atomic E-state index is -1.63. The van der Waals surface area contributed by atoms with E-state index in [9.17, 15) is 4.79 Å². The van der Waals surface area contributed by atoms with E-state index in [0.29, 0.717) is 5.92 Å². The number of hydrogen-bond acceptors (Lipinski definition) is 3. The molecule has 1 aliphatic rings. The number of esters is 1. The summed E-state index contributed by atoms with van der Waals surface area (Å²) < 4.78 is 11.5. The smallest absolute Gasteiger partial charge is 0.302 e. The van der Waals surface area contributed by atoms with Gasteiger partial charge in [-0.3, -0.25) is 4.79 Å². The molecule has 0 spiro atoms. The molecule has 0 unspecified atom stereocenters. The van der Waals surface area contributed by atoms with Crippen LogP contribution in [0.15, 0.2) is 0 Å². The molecule has 1 rings (SSSR count). The van der Waals surface area contributed by atoms with Crippen LogP contribution in [0.3, 0.4) is 0 Å². The molecule has 3 nitrogen and oxygen atoms in total. The van der Waals surface area contributed by atoms with Gasteiger partial charge in [0.2, 0.25) is 0 Å². The second-order valence-corrected chi connectivity index (χ2v) is 11.8. The Balaban J connectivity index is 2.36. The van der Waals surface area contributed by atoms with Crippen molar-refractivity contribution in [3.8, 4) is 0 Å². The van der Waals surface area contributed by atoms with Crippen LogP contribution in [0.4, 0.5) is 0 Å². The van der Waals surface area contributed by atoms with Crippen molar-refractivity contribution in [2.24, 2.45) is 5.92 Å². The Kier molecular flexibility index (Phi) is 5.01. The van der Waals surface area contributed by atoms with Gasteiger partial charge < -0.3 is 9.16 Å². The van der Waals surface area contributed by atoms with Crippen molar-refractivity contribution >= 4 is 14.3 Å². The maximum Gasteiger partial charge on any atom is 0.302 e. The maximum atomic E-state index is 10.9. The van der Waals surface area contributed by atoms with Gasteiger partial charge in [-0.05, 0) is 43.3 Å². The van der Waals surface area contributed by atoms with Crippen molar-refractivity contribution in [2.45, 2.75) is 71.2 Å². The second kappa shape index (κ2) is 5.74. The Hall–Kier alpha value is -0.353. The topological polar surface area (TPSA) is 35.5 Å². The van der Waals surface area contributed by atoms with E-state index in [1.54, 1.807) is 0 Å². The van der Waals surface area contributed by atoms with Crippen molar-refractivity contribution in [1.82, 2.24) is 0 Å². The van der Waals surface area contributed by atoms with Gasteiger partial charge in [-0.2, -0.15) is 0 Å². The third kappa shape index (κ3) is 4.39. The van der Waals surface area contributed by atoms with Gasteiger partial charge in [0.15, 0.2) is 8.32 Å². The molecular weight excluding hydrogens is 244 g/mol.